The third-order valence-electron chi connectivity index (χ3n) is 3.40. The van der Waals surface area contributed by atoms with Crippen LogP contribution in [0.15, 0.2) is 33.6 Å². The molecule has 3 N–H and O–H groups in total. The average Bonchev–Trinajstić information content (AvgIpc) is 2.40. The zero-order valence-electron chi connectivity index (χ0n) is 11.5. The Bertz CT molecular complexity index is 613. The van der Waals surface area contributed by atoms with Gasteiger partial charge in [0.15, 0.2) is 0 Å². The molecule has 1 amide bonds. The van der Waals surface area contributed by atoms with Crippen LogP contribution in [0.3, 0.4) is 0 Å². The highest BCUT2D eigenvalue weighted by molar-refractivity contribution is 9.10. The quantitative estimate of drug-likeness (QED) is 0.791. The van der Waals surface area contributed by atoms with E-state index in [9.17, 15) is 13.2 Å². The van der Waals surface area contributed by atoms with Crippen molar-refractivity contribution in [3.8, 4) is 0 Å². The molecule has 0 radical (unpaired) electrons. The molecule has 8 heteroatoms. The van der Waals surface area contributed by atoms with Crippen molar-refractivity contribution in [1.82, 2.24) is 9.62 Å². The summed E-state index contributed by atoms with van der Waals surface area (Å²) in [7, 11) is -3.51. The number of nitrogens with one attached hydrogen (secondary N) is 1. The molecule has 1 saturated heterocycles. The van der Waals surface area contributed by atoms with Crippen LogP contribution in [0.25, 0.3) is 0 Å². The van der Waals surface area contributed by atoms with Crippen LogP contribution in [0.4, 0.5) is 0 Å². The zero-order valence-corrected chi connectivity index (χ0v) is 13.9. The van der Waals surface area contributed by atoms with E-state index >= 15 is 0 Å². The molecule has 0 spiro atoms. The van der Waals surface area contributed by atoms with Gasteiger partial charge in [-0.25, -0.2) is 13.1 Å². The van der Waals surface area contributed by atoms with Crippen molar-refractivity contribution in [3.63, 3.8) is 0 Å². The molecule has 1 aliphatic rings. The van der Waals surface area contributed by atoms with Crippen LogP contribution < -0.4 is 10.5 Å². The lowest BCUT2D eigenvalue weighted by Crippen LogP contribution is -2.46. The fourth-order valence-corrected chi connectivity index (χ4v) is 4.25. The van der Waals surface area contributed by atoms with Gasteiger partial charge in [-0.3, -0.25) is 9.69 Å². The number of halogens is 1. The number of rotatable bonds is 5. The number of benzene rings is 1. The molecule has 116 valence electrons. The van der Waals surface area contributed by atoms with E-state index in [1.165, 1.54) is 0 Å². The first-order chi connectivity index (χ1) is 9.87. The second-order valence-electron chi connectivity index (χ2n) is 5.10. The molecular formula is C13H18BrN3O3S. The van der Waals surface area contributed by atoms with Gasteiger partial charge < -0.3 is 5.73 Å². The van der Waals surface area contributed by atoms with Gasteiger partial charge in [-0.05, 0) is 31.0 Å². The molecule has 0 bridgehead atoms. The van der Waals surface area contributed by atoms with Crippen molar-refractivity contribution in [3.05, 3.63) is 28.7 Å². The average molecular weight is 376 g/mol. The Labute approximate surface area is 132 Å². The van der Waals surface area contributed by atoms with E-state index in [2.05, 4.69) is 20.7 Å². The zero-order chi connectivity index (χ0) is 15.5. The lowest BCUT2D eigenvalue weighted by atomic mass is 10.1. The smallest absolute Gasteiger partial charge is 0.240 e. The lowest BCUT2D eigenvalue weighted by Gasteiger charge is -2.31. The number of likely N-dealkylation sites (tertiary alicyclic amines) is 1. The fourth-order valence-electron chi connectivity index (χ4n) is 2.35. The predicted molar refractivity (Wildman–Crippen MR) is 83.1 cm³/mol. The first kappa shape index (κ1) is 16.4. The molecule has 0 unspecified atom stereocenters. The molecule has 2 rings (SSSR count). The third kappa shape index (κ3) is 4.77. The summed E-state index contributed by atoms with van der Waals surface area (Å²) >= 11 is 3.27. The van der Waals surface area contributed by atoms with E-state index in [1.54, 1.807) is 24.3 Å². The van der Waals surface area contributed by atoms with E-state index in [-0.39, 0.29) is 23.4 Å². The van der Waals surface area contributed by atoms with Crippen molar-refractivity contribution in [2.24, 2.45) is 5.73 Å². The van der Waals surface area contributed by atoms with E-state index in [0.29, 0.717) is 25.9 Å². The number of sulfonamides is 1. The van der Waals surface area contributed by atoms with E-state index in [4.69, 9.17) is 5.73 Å². The largest absolute Gasteiger partial charge is 0.369 e. The molecule has 1 aromatic rings. The lowest BCUT2D eigenvalue weighted by molar-refractivity contribution is -0.119. The molecule has 0 atom stereocenters. The standard InChI is InChI=1S/C13H18BrN3O3S/c14-10-2-1-3-12(8-10)21(19,20)16-11-4-6-17(7-5-11)9-13(15)18/h1-3,8,11,16H,4-7,9H2,(H2,15,18). The van der Waals surface area contributed by atoms with Gasteiger partial charge in [0.2, 0.25) is 15.9 Å². The number of nitrogens with zero attached hydrogens (tertiary/aromatic N) is 1. The van der Waals surface area contributed by atoms with E-state index in [1.807, 2.05) is 4.90 Å². The summed E-state index contributed by atoms with van der Waals surface area (Å²) in [6.45, 7) is 1.55. The summed E-state index contributed by atoms with van der Waals surface area (Å²) in [5.41, 5.74) is 5.15. The molecule has 1 fully saturated rings. The number of hydrogen-bond donors (Lipinski definition) is 2. The molecule has 0 aliphatic carbocycles. The first-order valence-corrected chi connectivity index (χ1v) is 8.93. The number of amides is 1. The number of piperidine rings is 1. The third-order valence-corrected chi connectivity index (χ3v) is 5.41. The van der Waals surface area contributed by atoms with Gasteiger partial charge >= 0.3 is 0 Å². The van der Waals surface area contributed by atoms with Gasteiger partial charge in [0, 0.05) is 23.6 Å². The van der Waals surface area contributed by atoms with Gasteiger partial charge in [0.1, 0.15) is 0 Å². The van der Waals surface area contributed by atoms with Gasteiger partial charge in [-0.2, -0.15) is 0 Å². The molecule has 1 aromatic carbocycles. The molecule has 6 nitrogen and oxygen atoms in total. The minimum atomic E-state index is -3.51. The van der Waals surface area contributed by atoms with Gasteiger partial charge in [-0.1, -0.05) is 22.0 Å². The minimum Gasteiger partial charge on any atom is -0.369 e. The summed E-state index contributed by atoms with van der Waals surface area (Å²) in [4.78, 5) is 13.0. The summed E-state index contributed by atoms with van der Waals surface area (Å²) in [5.74, 6) is -0.358. The van der Waals surface area contributed by atoms with Crippen molar-refractivity contribution < 1.29 is 13.2 Å². The fraction of sp³-hybridized carbons (Fsp3) is 0.462. The molecule has 0 saturated carbocycles. The van der Waals surface area contributed by atoms with Gasteiger partial charge in [-0.15, -0.1) is 0 Å². The number of hydrogen-bond acceptors (Lipinski definition) is 4. The van der Waals surface area contributed by atoms with Crippen LogP contribution in [0.1, 0.15) is 12.8 Å². The SMILES string of the molecule is NC(=O)CN1CCC(NS(=O)(=O)c2cccc(Br)c2)CC1. The number of nitrogens with two attached hydrogens (primary N) is 1. The second-order valence-corrected chi connectivity index (χ2v) is 7.73. The topological polar surface area (TPSA) is 92.5 Å². The van der Waals surface area contributed by atoms with Crippen LogP contribution >= 0.6 is 15.9 Å². The monoisotopic (exact) mass is 375 g/mol. The summed E-state index contributed by atoms with van der Waals surface area (Å²) in [6, 6.07) is 6.49. The molecule has 0 aromatic heterocycles. The van der Waals surface area contributed by atoms with E-state index in [0.717, 1.165) is 4.47 Å². The Morgan fingerprint density at radius 2 is 2.05 bits per heavy atom. The van der Waals surface area contributed by atoms with Gasteiger partial charge in [0.25, 0.3) is 0 Å². The van der Waals surface area contributed by atoms with E-state index < -0.39 is 10.0 Å². The Kier molecular flexibility index (Phi) is 5.37. The van der Waals surface area contributed by atoms with Crippen molar-refractivity contribution in [2.45, 2.75) is 23.8 Å². The van der Waals surface area contributed by atoms with Crippen LogP contribution in [0.5, 0.6) is 0 Å². The molecule has 1 heterocycles. The molecule has 21 heavy (non-hydrogen) atoms. The number of carbonyl (C=O) groups is 1. The van der Waals surface area contributed by atoms with Crippen LogP contribution in [-0.4, -0.2) is 44.9 Å². The molecule has 1 aliphatic heterocycles. The Hall–Kier alpha value is -0.960. The minimum absolute atomic E-state index is 0.113. The Morgan fingerprint density at radius 3 is 2.62 bits per heavy atom. The van der Waals surface area contributed by atoms with Crippen LogP contribution in [0, 0.1) is 0 Å². The van der Waals surface area contributed by atoms with Crippen molar-refractivity contribution in [2.75, 3.05) is 19.6 Å². The number of primary amides is 1. The van der Waals surface area contributed by atoms with Crippen LogP contribution in [0.2, 0.25) is 0 Å². The normalized spacial score (nSPS) is 17.8. The van der Waals surface area contributed by atoms with Crippen molar-refractivity contribution in [1.29, 1.82) is 0 Å². The highest BCUT2D eigenvalue weighted by Crippen LogP contribution is 2.18. The molecular weight excluding hydrogens is 358 g/mol. The maximum atomic E-state index is 12.3. The van der Waals surface area contributed by atoms with Crippen LogP contribution in [-0.2, 0) is 14.8 Å². The highest BCUT2D eigenvalue weighted by atomic mass is 79.9. The maximum Gasteiger partial charge on any atom is 0.240 e. The Morgan fingerprint density at radius 1 is 1.38 bits per heavy atom. The first-order valence-electron chi connectivity index (χ1n) is 6.65. The van der Waals surface area contributed by atoms with Gasteiger partial charge in [0.05, 0.1) is 11.4 Å². The summed E-state index contributed by atoms with van der Waals surface area (Å²) < 4.78 is 28.0. The summed E-state index contributed by atoms with van der Waals surface area (Å²) in [5, 5.41) is 0. The second kappa shape index (κ2) is 6.87. The number of carbonyl (C=O) groups excluding carboxylic acids is 1. The van der Waals surface area contributed by atoms with Crippen molar-refractivity contribution >= 4 is 31.9 Å². The Balaban J connectivity index is 1.95. The highest BCUT2D eigenvalue weighted by Gasteiger charge is 2.25. The predicted octanol–water partition coefficient (Wildman–Crippen LogP) is 0.677. The maximum absolute atomic E-state index is 12.3. The summed E-state index contributed by atoms with van der Waals surface area (Å²) in [6.07, 6.45) is 1.33.